The minimum absolute atomic E-state index is 0.284. The highest BCUT2D eigenvalue weighted by Crippen LogP contribution is 2.35. The molecule has 0 bridgehead atoms. The molecule has 1 aromatic heterocycles. The van der Waals surface area contributed by atoms with Crippen LogP contribution >= 0.6 is 0 Å². The molecular weight excluding hydrogens is 267 g/mol. The monoisotopic (exact) mass is 287 g/mol. The predicted octanol–water partition coefficient (Wildman–Crippen LogP) is 3.77. The molecule has 112 valence electrons. The van der Waals surface area contributed by atoms with Crippen LogP contribution in [0.3, 0.4) is 0 Å². The summed E-state index contributed by atoms with van der Waals surface area (Å²) >= 11 is 0. The molecule has 3 nitrogen and oxygen atoms in total. The third kappa shape index (κ3) is 3.77. The van der Waals surface area contributed by atoms with Gasteiger partial charge in [0, 0.05) is 19.6 Å². The molecule has 1 fully saturated rings. The number of nitrogens with one attached hydrogen (secondary N) is 1. The van der Waals surface area contributed by atoms with Gasteiger partial charge in [-0.2, -0.15) is 13.2 Å². The van der Waals surface area contributed by atoms with Crippen molar-refractivity contribution < 1.29 is 13.2 Å². The first-order chi connectivity index (χ1) is 9.44. The summed E-state index contributed by atoms with van der Waals surface area (Å²) in [4.78, 5) is 6.23. The Hall–Kier alpha value is -1.46. The number of pyridine rings is 1. The molecule has 20 heavy (non-hydrogen) atoms. The lowest BCUT2D eigenvalue weighted by molar-refractivity contribution is -0.137. The molecule has 6 heteroatoms. The second-order valence-corrected chi connectivity index (χ2v) is 5.11. The van der Waals surface area contributed by atoms with Gasteiger partial charge in [0.2, 0.25) is 0 Å². The number of halogens is 3. The molecule has 0 saturated heterocycles. The average molecular weight is 287 g/mol. The van der Waals surface area contributed by atoms with Gasteiger partial charge < -0.3 is 10.2 Å². The molecule has 0 amide bonds. The fraction of sp³-hybridized carbons (Fsp3) is 0.643. The number of alkyl halides is 3. The fourth-order valence-corrected chi connectivity index (χ4v) is 2.11. The maximum atomic E-state index is 13.0. The van der Waals surface area contributed by atoms with Gasteiger partial charge in [0.05, 0.1) is 5.56 Å². The van der Waals surface area contributed by atoms with Crippen molar-refractivity contribution in [3.63, 3.8) is 0 Å². The highest BCUT2D eigenvalue weighted by Gasteiger charge is 2.32. The smallest absolute Gasteiger partial charge is 0.370 e. The summed E-state index contributed by atoms with van der Waals surface area (Å²) in [7, 11) is 0. The van der Waals surface area contributed by atoms with E-state index in [0.717, 1.165) is 31.5 Å². The van der Waals surface area contributed by atoms with Gasteiger partial charge in [-0.05, 0) is 44.7 Å². The van der Waals surface area contributed by atoms with E-state index in [1.54, 1.807) is 0 Å². The van der Waals surface area contributed by atoms with Crippen LogP contribution in [-0.2, 0) is 6.18 Å². The average Bonchev–Trinajstić information content (AvgIpc) is 3.19. The minimum atomic E-state index is -4.35. The van der Waals surface area contributed by atoms with Crippen LogP contribution < -0.4 is 10.2 Å². The molecule has 1 aliphatic rings. The fourth-order valence-electron chi connectivity index (χ4n) is 2.11. The lowest BCUT2D eigenvalue weighted by Crippen LogP contribution is -2.27. The van der Waals surface area contributed by atoms with Crippen LogP contribution in [0.5, 0.6) is 0 Å². The molecule has 1 aliphatic carbocycles. The second kappa shape index (κ2) is 5.89. The Balaban J connectivity index is 2.31. The van der Waals surface area contributed by atoms with Crippen LogP contribution in [0.25, 0.3) is 0 Å². The summed E-state index contributed by atoms with van der Waals surface area (Å²) in [5.41, 5.74) is -0.646. The molecule has 0 spiro atoms. The molecule has 1 aromatic rings. The Morgan fingerprint density at radius 2 is 2.00 bits per heavy atom. The van der Waals surface area contributed by atoms with E-state index in [-0.39, 0.29) is 5.82 Å². The van der Waals surface area contributed by atoms with Crippen molar-refractivity contribution in [2.45, 2.75) is 32.9 Å². The number of hydrogen-bond acceptors (Lipinski definition) is 3. The van der Waals surface area contributed by atoms with E-state index < -0.39 is 11.7 Å². The molecule has 2 rings (SSSR count). The molecule has 1 heterocycles. The van der Waals surface area contributed by atoms with E-state index in [1.165, 1.54) is 0 Å². The Morgan fingerprint density at radius 1 is 1.30 bits per heavy atom. The molecule has 1 N–H and O–H groups in total. The summed E-state index contributed by atoms with van der Waals surface area (Å²) in [5, 5.41) is 2.87. The Kier molecular flexibility index (Phi) is 4.40. The van der Waals surface area contributed by atoms with E-state index in [9.17, 15) is 13.2 Å². The number of anilines is 2. The van der Waals surface area contributed by atoms with Crippen molar-refractivity contribution in [2.75, 3.05) is 29.9 Å². The van der Waals surface area contributed by atoms with Gasteiger partial charge >= 0.3 is 6.18 Å². The third-order valence-electron chi connectivity index (χ3n) is 3.38. The van der Waals surface area contributed by atoms with E-state index >= 15 is 0 Å². The molecule has 0 unspecified atom stereocenters. The van der Waals surface area contributed by atoms with Crippen molar-refractivity contribution in [1.82, 2.24) is 4.98 Å². The first-order valence-corrected chi connectivity index (χ1v) is 7.02. The standard InChI is InChI=1S/C14H20F3N3/c1-3-18-12-7-11(14(15,16)17)8-13(19-12)20(4-2)9-10-5-6-10/h7-8,10H,3-6,9H2,1-2H3,(H,18,19). The highest BCUT2D eigenvalue weighted by molar-refractivity contribution is 5.51. The van der Waals surface area contributed by atoms with Crippen LogP contribution in [0, 0.1) is 5.92 Å². The minimum Gasteiger partial charge on any atom is -0.370 e. The number of nitrogens with zero attached hydrogens (tertiary/aromatic N) is 2. The van der Waals surface area contributed by atoms with Gasteiger partial charge in [0.1, 0.15) is 11.6 Å². The Bertz CT molecular complexity index is 455. The normalized spacial score (nSPS) is 15.2. The lowest BCUT2D eigenvalue weighted by Gasteiger charge is -2.23. The molecule has 0 aromatic carbocycles. The molecule has 0 atom stereocenters. The van der Waals surface area contributed by atoms with Crippen LogP contribution in [0.15, 0.2) is 12.1 Å². The number of rotatable bonds is 6. The van der Waals surface area contributed by atoms with Gasteiger partial charge in [0.15, 0.2) is 0 Å². The lowest BCUT2D eigenvalue weighted by atomic mass is 10.2. The van der Waals surface area contributed by atoms with Crippen molar-refractivity contribution in [2.24, 2.45) is 5.92 Å². The quantitative estimate of drug-likeness (QED) is 0.863. The van der Waals surface area contributed by atoms with Crippen LogP contribution in [0.4, 0.5) is 24.8 Å². The Labute approximate surface area is 117 Å². The molecule has 0 aliphatic heterocycles. The van der Waals surface area contributed by atoms with Crippen molar-refractivity contribution in [3.05, 3.63) is 17.7 Å². The first-order valence-electron chi connectivity index (χ1n) is 7.02. The number of hydrogen-bond donors (Lipinski definition) is 1. The zero-order valence-electron chi connectivity index (χ0n) is 11.8. The summed E-state index contributed by atoms with van der Waals surface area (Å²) in [6, 6.07) is 2.21. The Morgan fingerprint density at radius 3 is 2.50 bits per heavy atom. The summed E-state index contributed by atoms with van der Waals surface area (Å²) in [6.07, 6.45) is -2.02. The summed E-state index contributed by atoms with van der Waals surface area (Å²) < 4.78 is 38.9. The van der Waals surface area contributed by atoms with E-state index in [2.05, 4.69) is 10.3 Å². The number of aromatic nitrogens is 1. The predicted molar refractivity (Wildman–Crippen MR) is 74.0 cm³/mol. The van der Waals surface area contributed by atoms with E-state index in [1.807, 2.05) is 18.7 Å². The van der Waals surface area contributed by atoms with Gasteiger partial charge in [-0.3, -0.25) is 0 Å². The molecule has 0 radical (unpaired) electrons. The maximum Gasteiger partial charge on any atom is 0.416 e. The third-order valence-corrected chi connectivity index (χ3v) is 3.38. The summed E-state index contributed by atoms with van der Waals surface area (Å²) in [6.45, 7) is 5.77. The molecule has 1 saturated carbocycles. The van der Waals surface area contributed by atoms with Crippen LogP contribution in [0.2, 0.25) is 0 Å². The van der Waals surface area contributed by atoms with Crippen molar-refractivity contribution in [1.29, 1.82) is 0 Å². The van der Waals surface area contributed by atoms with Crippen molar-refractivity contribution >= 4 is 11.6 Å². The summed E-state index contributed by atoms with van der Waals surface area (Å²) in [5.74, 6) is 1.30. The van der Waals surface area contributed by atoms with Gasteiger partial charge in [-0.15, -0.1) is 0 Å². The largest absolute Gasteiger partial charge is 0.416 e. The van der Waals surface area contributed by atoms with E-state index in [4.69, 9.17) is 0 Å². The maximum absolute atomic E-state index is 13.0. The van der Waals surface area contributed by atoms with Gasteiger partial charge in [-0.1, -0.05) is 0 Å². The van der Waals surface area contributed by atoms with Crippen molar-refractivity contribution in [3.8, 4) is 0 Å². The zero-order valence-corrected chi connectivity index (χ0v) is 11.8. The van der Waals surface area contributed by atoms with E-state index in [0.29, 0.717) is 24.8 Å². The van der Waals surface area contributed by atoms with Crippen LogP contribution in [-0.4, -0.2) is 24.6 Å². The van der Waals surface area contributed by atoms with Gasteiger partial charge in [-0.25, -0.2) is 4.98 Å². The van der Waals surface area contributed by atoms with Crippen LogP contribution in [0.1, 0.15) is 32.3 Å². The molecular formula is C14H20F3N3. The zero-order chi connectivity index (χ0) is 14.8. The SMILES string of the molecule is CCNc1cc(C(F)(F)F)cc(N(CC)CC2CC2)n1. The second-order valence-electron chi connectivity index (χ2n) is 5.11. The topological polar surface area (TPSA) is 28.2 Å². The highest BCUT2D eigenvalue weighted by atomic mass is 19.4. The first kappa shape index (κ1) is 14.9. The van der Waals surface area contributed by atoms with Gasteiger partial charge in [0.25, 0.3) is 0 Å².